The number of nitrogens with zero attached hydrogens (tertiary/aromatic N) is 2. The minimum Gasteiger partial charge on any atom is -0.337 e. The Kier molecular flexibility index (Phi) is 4.08. The van der Waals surface area contributed by atoms with Gasteiger partial charge in [0.25, 0.3) is 5.91 Å². The number of thiazole rings is 1. The molecule has 3 heterocycles. The van der Waals surface area contributed by atoms with Gasteiger partial charge in [0.1, 0.15) is 5.69 Å². The molecule has 2 aliphatic rings. The van der Waals surface area contributed by atoms with Gasteiger partial charge in [-0.2, -0.15) is 0 Å². The molecule has 0 unspecified atom stereocenters. The second kappa shape index (κ2) is 5.82. The van der Waals surface area contributed by atoms with Crippen molar-refractivity contribution in [2.24, 2.45) is 5.41 Å². The maximum Gasteiger partial charge on any atom is 0.273 e. The van der Waals surface area contributed by atoms with Crippen molar-refractivity contribution in [2.75, 3.05) is 26.2 Å². The van der Waals surface area contributed by atoms with Crippen LogP contribution >= 0.6 is 11.3 Å². The van der Waals surface area contributed by atoms with Crippen LogP contribution in [0.25, 0.3) is 0 Å². The van der Waals surface area contributed by atoms with E-state index in [1.165, 1.54) is 12.8 Å². The van der Waals surface area contributed by atoms with E-state index in [2.05, 4.69) is 17.2 Å². The molecule has 0 bridgehead atoms. The Morgan fingerprint density at radius 1 is 1.55 bits per heavy atom. The summed E-state index contributed by atoms with van der Waals surface area (Å²) in [6, 6.07) is 0. The number of carbonyl (C=O) groups excluding carboxylic acids is 1. The molecule has 110 valence electrons. The van der Waals surface area contributed by atoms with Crippen LogP contribution in [0.3, 0.4) is 0 Å². The van der Waals surface area contributed by atoms with E-state index in [1.54, 1.807) is 11.3 Å². The number of amides is 1. The van der Waals surface area contributed by atoms with E-state index in [0.29, 0.717) is 11.1 Å². The monoisotopic (exact) mass is 293 g/mol. The fourth-order valence-corrected chi connectivity index (χ4v) is 4.26. The molecule has 3 rings (SSSR count). The van der Waals surface area contributed by atoms with E-state index in [9.17, 15) is 4.79 Å². The molecule has 1 aromatic rings. The highest BCUT2D eigenvalue weighted by Crippen LogP contribution is 2.36. The Morgan fingerprint density at radius 3 is 3.20 bits per heavy atom. The lowest BCUT2D eigenvalue weighted by Crippen LogP contribution is -2.42. The lowest BCUT2D eigenvalue weighted by Gasteiger charge is -2.33. The van der Waals surface area contributed by atoms with Crippen LogP contribution in [0.4, 0.5) is 0 Å². The van der Waals surface area contributed by atoms with Gasteiger partial charge in [0.05, 0.1) is 5.01 Å². The van der Waals surface area contributed by atoms with Gasteiger partial charge in [-0.15, -0.1) is 11.3 Å². The van der Waals surface area contributed by atoms with Crippen molar-refractivity contribution in [1.82, 2.24) is 15.2 Å². The fraction of sp³-hybridized carbons (Fsp3) is 0.733. The van der Waals surface area contributed by atoms with E-state index in [-0.39, 0.29) is 5.91 Å². The summed E-state index contributed by atoms with van der Waals surface area (Å²) in [5.74, 6) is 0.131. The van der Waals surface area contributed by atoms with Crippen LogP contribution < -0.4 is 5.32 Å². The van der Waals surface area contributed by atoms with Gasteiger partial charge < -0.3 is 10.2 Å². The second-order valence-corrected chi connectivity index (χ2v) is 7.08. The van der Waals surface area contributed by atoms with E-state index in [1.807, 2.05) is 10.3 Å². The number of piperidine rings is 1. The Labute approximate surface area is 124 Å². The number of carbonyl (C=O) groups is 1. The Morgan fingerprint density at radius 2 is 2.45 bits per heavy atom. The molecule has 0 aromatic carbocycles. The van der Waals surface area contributed by atoms with Crippen molar-refractivity contribution in [3.8, 4) is 0 Å². The first kappa shape index (κ1) is 14.0. The zero-order valence-electron chi connectivity index (χ0n) is 12.2. The minimum atomic E-state index is 0.131. The molecule has 4 nitrogen and oxygen atoms in total. The molecule has 2 saturated heterocycles. The average molecular weight is 293 g/mol. The van der Waals surface area contributed by atoms with Crippen LogP contribution in [0.5, 0.6) is 0 Å². The van der Waals surface area contributed by atoms with E-state index in [4.69, 9.17) is 0 Å². The second-order valence-electron chi connectivity index (χ2n) is 6.13. The number of rotatable bonds is 3. The van der Waals surface area contributed by atoms with Crippen molar-refractivity contribution >= 4 is 17.2 Å². The SMILES string of the molecule is CCCc1nc(C(=O)N2CC[C@@]3(CCCNC3)C2)cs1. The van der Waals surface area contributed by atoms with Crippen LogP contribution in [-0.2, 0) is 6.42 Å². The third-order valence-corrected chi connectivity index (χ3v) is 5.43. The lowest BCUT2D eigenvalue weighted by atomic mass is 9.80. The summed E-state index contributed by atoms with van der Waals surface area (Å²) >= 11 is 1.62. The van der Waals surface area contributed by atoms with Crippen LogP contribution in [0, 0.1) is 5.41 Å². The zero-order valence-corrected chi connectivity index (χ0v) is 13.0. The molecule has 1 atom stereocenters. The standard InChI is InChI=1S/C15H23N3OS/c1-2-4-13-17-12(9-20-13)14(19)18-8-6-15(11-18)5-3-7-16-10-15/h9,16H,2-8,10-11H2,1H3/t15-/m1/s1. The van der Waals surface area contributed by atoms with Crippen molar-refractivity contribution in [3.05, 3.63) is 16.1 Å². The summed E-state index contributed by atoms with van der Waals surface area (Å²) in [5.41, 5.74) is 0.982. The summed E-state index contributed by atoms with van der Waals surface area (Å²) in [5, 5.41) is 6.50. The van der Waals surface area contributed by atoms with E-state index < -0.39 is 0 Å². The van der Waals surface area contributed by atoms with Crippen molar-refractivity contribution < 1.29 is 4.79 Å². The predicted molar refractivity (Wildman–Crippen MR) is 81.2 cm³/mol. The van der Waals surface area contributed by atoms with Crippen LogP contribution in [0.1, 0.15) is 48.1 Å². The lowest BCUT2D eigenvalue weighted by molar-refractivity contribution is 0.0759. The predicted octanol–water partition coefficient (Wildman–Crippen LogP) is 2.31. The minimum absolute atomic E-state index is 0.131. The van der Waals surface area contributed by atoms with Crippen LogP contribution in [0.15, 0.2) is 5.38 Å². The van der Waals surface area contributed by atoms with Crippen molar-refractivity contribution in [1.29, 1.82) is 0 Å². The average Bonchev–Trinajstić information content (AvgIpc) is 3.08. The molecular formula is C15H23N3OS. The normalized spacial score (nSPS) is 26.4. The van der Waals surface area contributed by atoms with Gasteiger partial charge in [0.15, 0.2) is 0 Å². The largest absolute Gasteiger partial charge is 0.337 e. The summed E-state index contributed by atoms with van der Waals surface area (Å²) < 4.78 is 0. The first-order chi connectivity index (χ1) is 9.72. The van der Waals surface area contributed by atoms with Gasteiger partial charge in [0.2, 0.25) is 0 Å². The Balaban J connectivity index is 1.65. The highest BCUT2D eigenvalue weighted by Gasteiger charge is 2.41. The van der Waals surface area contributed by atoms with Gasteiger partial charge in [-0.25, -0.2) is 4.98 Å². The fourth-order valence-electron chi connectivity index (χ4n) is 3.39. The van der Waals surface area contributed by atoms with Gasteiger partial charge in [-0.05, 0) is 38.6 Å². The molecule has 1 spiro atoms. The summed E-state index contributed by atoms with van der Waals surface area (Å²) in [4.78, 5) is 19.0. The van der Waals surface area contributed by atoms with Crippen LogP contribution in [0.2, 0.25) is 0 Å². The molecular weight excluding hydrogens is 270 g/mol. The molecule has 2 aliphatic heterocycles. The first-order valence-electron chi connectivity index (χ1n) is 7.67. The molecule has 0 aliphatic carbocycles. The number of nitrogens with one attached hydrogen (secondary N) is 1. The van der Waals surface area contributed by atoms with Gasteiger partial charge in [-0.3, -0.25) is 4.79 Å². The number of aromatic nitrogens is 1. The highest BCUT2D eigenvalue weighted by atomic mass is 32.1. The topological polar surface area (TPSA) is 45.2 Å². The molecule has 0 saturated carbocycles. The van der Waals surface area contributed by atoms with Gasteiger partial charge in [0, 0.05) is 30.4 Å². The maximum absolute atomic E-state index is 12.5. The third kappa shape index (κ3) is 2.74. The molecule has 1 aromatic heterocycles. The van der Waals surface area contributed by atoms with Crippen LogP contribution in [-0.4, -0.2) is 42.0 Å². The highest BCUT2D eigenvalue weighted by molar-refractivity contribution is 7.09. The van der Waals surface area contributed by atoms with Crippen molar-refractivity contribution in [2.45, 2.75) is 39.0 Å². The molecule has 1 N–H and O–H groups in total. The molecule has 5 heteroatoms. The summed E-state index contributed by atoms with van der Waals surface area (Å²) in [6.45, 7) is 6.13. The Bertz CT molecular complexity index is 479. The van der Waals surface area contributed by atoms with Crippen molar-refractivity contribution in [3.63, 3.8) is 0 Å². The summed E-state index contributed by atoms with van der Waals surface area (Å²) in [6.07, 6.45) is 5.68. The first-order valence-corrected chi connectivity index (χ1v) is 8.55. The third-order valence-electron chi connectivity index (χ3n) is 4.52. The molecule has 1 amide bonds. The van der Waals surface area contributed by atoms with E-state index >= 15 is 0 Å². The van der Waals surface area contributed by atoms with E-state index in [0.717, 1.165) is 50.4 Å². The molecule has 0 radical (unpaired) electrons. The number of aryl methyl sites for hydroxylation is 1. The Hall–Kier alpha value is -0.940. The quantitative estimate of drug-likeness (QED) is 0.930. The smallest absolute Gasteiger partial charge is 0.273 e. The van der Waals surface area contributed by atoms with Gasteiger partial charge >= 0.3 is 0 Å². The zero-order chi connectivity index (χ0) is 14.0. The molecule has 20 heavy (non-hydrogen) atoms. The summed E-state index contributed by atoms with van der Waals surface area (Å²) in [7, 11) is 0. The molecule has 2 fully saturated rings. The van der Waals surface area contributed by atoms with Gasteiger partial charge in [-0.1, -0.05) is 6.92 Å². The number of hydrogen-bond donors (Lipinski definition) is 1. The maximum atomic E-state index is 12.5. The number of hydrogen-bond acceptors (Lipinski definition) is 4. The number of likely N-dealkylation sites (tertiary alicyclic amines) is 1.